The maximum atomic E-state index is 6.16. The van der Waals surface area contributed by atoms with Gasteiger partial charge in [-0.1, -0.05) is 25.4 Å². The largest absolute Gasteiger partial charge is 0.476 e. The summed E-state index contributed by atoms with van der Waals surface area (Å²) in [6.07, 6.45) is 0. The van der Waals surface area contributed by atoms with Crippen molar-refractivity contribution in [1.29, 1.82) is 0 Å². The van der Waals surface area contributed by atoms with Gasteiger partial charge in [0.25, 0.3) is 0 Å². The minimum absolute atomic E-state index is 0.230. The molecule has 1 heterocycles. The first-order valence-corrected chi connectivity index (χ1v) is 8.04. The minimum Gasteiger partial charge on any atom is -0.476 e. The average molecular weight is 314 g/mol. The average Bonchev–Trinajstić information content (AvgIpc) is 2.37. The zero-order chi connectivity index (χ0) is 16.2. The van der Waals surface area contributed by atoms with Crippen LogP contribution in [-0.2, 0) is 0 Å². The van der Waals surface area contributed by atoms with Gasteiger partial charge in [0.1, 0.15) is 17.6 Å². The number of hydrogen-bond donors (Lipinski definition) is 0. The van der Waals surface area contributed by atoms with Crippen LogP contribution in [0.3, 0.4) is 0 Å². The molecule has 1 aromatic rings. The van der Waals surface area contributed by atoms with Gasteiger partial charge in [-0.2, -0.15) is 4.98 Å². The number of hydrogen-bond acceptors (Lipinski definition) is 4. The molecule has 0 N–H and O–H groups in total. The van der Waals surface area contributed by atoms with Gasteiger partial charge in [0.05, 0.1) is 0 Å². The highest BCUT2D eigenvalue weighted by molar-refractivity contribution is 6.30. The van der Waals surface area contributed by atoms with E-state index in [9.17, 15) is 0 Å². The lowest BCUT2D eigenvalue weighted by Gasteiger charge is -2.30. The summed E-state index contributed by atoms with van der Waals surface area (Å²) in [6.45, 7) is 16.2. The van der Waals surface area contributed by atoms with Gasteiger partial charge in [-0.05, 0) is 34.6 Å². The van der Waals surface area contributed by atoms with E-state index in [1.54, 1.807) is 0 Å². The van der Waals surface area contributed by atoms with Crippen molar-refractivity contribution in [3.63, 3.8) is 0 Å². The fourth-order valence-electron chi connectivity index (χ4n) is 2.24. The van der Waals surface area contributed by atoms with E-state index < -0.39 is 0 Å². The summed E-state index contributed by atoms with van der Waals surface area (Å²) < 4.78 is 5.86. The number of rotatable bonds is 7. The lowest BCUT2D eigenvalue weighted by atomic mass is 10.2. The van der Waals surface area contributed by atoms with Crippen LogP contribution >= 0.6 is 11.6 Å². The predicted molar refractivity (Wildman–Crippen MR) is 88.3 cm³/mol. The van der Waals surface area contributed by atoms with Gasteiger partial charge in [0, 0.05) is 30.1 Å². The monoisotopic (exact) mass is 313 g/mol. The van der Waals surface area contributed by atoms with Gasteiger partial charge >= 0.3 is 0 Å². The standard InChI is InChI=1S/C16H28ClN3O/c1-10(2)15-18-14(17)13(7)16(19-15)21-9-8-20(11(3)4)12(5)6/h10-12H,8-9H2,1-7H3. The number of nitrogens with zero attached hydrogens (tertiary/aromatic N) is 3. The maximum absolute atomic E-state index is 6.16. The Morgan fingerprint density at radius 1 is 1.05 bits per heavy atom. The molecule has 1 rings (SSSR count). The Bertz CT molecular complexity index is 453. The summed E-state index contributed by atoms with van der Waals surface area (Å²) in [6, 6.07) is 0.991. The zero-order valence-corrected chi connectivity index (χ0v) is 15.0. The van der Waals surface area contributed by atoms with Gasteiger partial charge in [-0.15, -0.1) is 0 Å². The molecule has 0 bridgehead atoms. The molecule has 0 saturated carbocycles. The normalized spacial score (nSPS) is 12.0. The van der Waals surface area contributed by atoms with Gasteiger partial charge in [-0.25, -0.2) is 4.98 Å². The second-order valence-electron chi connectivity index (χ2n) is 6.23. The Morgan fingerprint density at radius 2 is 1.62 bits per heavy atom. The molecule has 5 heteroatoms. The molecule has 21 heavy (non-hydrogen) atoms. The van der Waals surface area contributed by atoms with E-state index in [-0.39, 0.29) is 5.92 Å². The van der Waals surface area contributed by atoms with Crippen molar-refractivity contribution in [2.24, 2.45) is 0 Å². The molecule has 0 fully saturated rings. The zero-order valence-electron chi connectivity index (χ0n) is 14.3. The molecular formula is C16H28ClN3O. The molecule has 0 amide bonds. The Labute approximate surface area is 133 Å². The lowest BCUT2D eigenvalue weighted by molar-refractivity contribution is 0.139. The first-order valence-electron chi connectivity index (χ1n) is 7.66. The van der Waals surface area contributed by atoms with Crippen LogP contribution in [0, 0.1) is 6.92 Å². The highest BCUT2D eigenvalue weighted by atomic mass is 35.5. The third-order valence-corrected chi connectivity index (χ3v) is 3.86. The molecule has 0 aliphatic heterocycles. The molecule has 4 nitrogen and oxygen atoms in total. The number of aromatic nitrogens is 2. The molecule has 0 atom stereocenters. The summed E-state index contributed by atoms with van der Waals surface area (Å²) in [5, 5.41) is 0.480. The first-order chi connectivity index (χ1) is 9.73. The summed E-state index contributed by atoms with van der Waals surface area (Å²) in [7, 11) is 0. The molecule has 0 spiro atoms. The van der Waals surface area contributed by atoms with E-state index in [1.807, 2.05) is 20.8 Å². The van der Waals surface area contributed by atoms with Crippen LogP contribution < -0.4 is 4.74 Å². The van der Waals surface area contributed by atoms with E-state index in [0.29, 0.717) is 29.7 Å². The highest BCUT2D eigenvalue weighted by Crippen LogP contribution is 2.24. The first kappa shape index (κ1) is 18.2. The number of ether oxygens (including phenoxy) is 1. The summed E-state index contributed by atoms with van der Waals surface area (Å²) in [5.41, 5.74) is 0.807. The van der Waals surface area contributed by atoms with E-state index in [4.69, 9.17) is 16.3 Å². The van der Waals surface area contributed by atoms with Crippen molar-refractivity contribution in [2.75, 3.05) is 13.2 Å². The van der Waals surface area contributed by atoms with Crippen LogP contribution in [0.1, 0.15) is 58.8 Å². The van der Waals surface area contributed by atoms with Crippen molar-refractivity contribution in [1.82, 2.24) is 14.9 Å². The SMILES string of the molecule is Cc1c(Cl)nc(C(C)C)nc1OCCN(C(C)C)C(C)C. The van der Waals surface area contributed by atoms with Crippen LogP contribution in [0.2, 0.25) is 5.15 Å². The maximum Gasteiger partial charge on any atom is 0.221 e. The fraction of sp³-hybridized carbons (Fsp3) is 0.750. The minimum atomic E-state index is 0.230. The number of halogens is 1. The van der Waals surface area contributed by atoms with Crippen molar-refractivity contribution in [3.05, 3.63) is 16.5 Å². The molecule has 0 radical (unpaired) electrons. The molecule has 0 unspecified atom stereocenters. The summed E-state index contributed by atoms with van der Waals surface area (Å²) >= 11 is 6.16. The molecule has 0 aromatic carbocycles. The fourth-order valence-corrected chi connectivity index (χ4v) is 2.41. The van der Waals surface area contributed by atoms with Crippen LogP contribution in [0.5, 0.6) is 5.88 Å². The van der Waals surface area contributed by atoms with Crippen molar-refractivity contribution < 1.29 is 4.74 Å². The van der Waals surface area contributed by atoms with Crippen LogP contribution in [0.4, 0.5) is 0 Å². The van der Waals surface area contributed by atoms with Crippen LogP contribution in [-0.4, -0.2) is 40.1 Å². The van der Waals surface area contributed by atoms with Gasteiger partial charge in [0.2, 0.25) is 5.88 Å². The molecule has 120 valence electrons. The van der Waals surface area contributed by atoms with Crippen LogP contribution in [0.15, 0.2) is 0 Å². The molecule has 1 aromatic heterocycles. The van der Waals surface area contributed by atoms with Crippen molar-refractivity contribution >= 4 is 11.6 Å². The van der Waals surface area contributed by atoms with E-state index in [1.165, 1.54) is 0 Å². The predicted octanol–water partition coefficient (Wildman–Crippen LogP) is 4.06. The van der Waals surface area contributed by atoms with Gasteiger partial charge in [0.15, 0.2) is 0 Å². The summed E-state index contributed by atoms with van der Waals surface area (Å²) in [5.74, 6) is 1.56. The van der Waals surface area contributed by atoms with E-state index in [0.717, 1.165) is 17.9 Å². The molecule has 0 saturated heterocycles. The third-order valence-electron chi connectivity index (χ3n) is 3.49. The smallest absolute Gasteiger partial charge is 0.221 e. The van der Waals surface area contributed by atoms with Gasteiger partial charge in [-0.3, -0.25) is 4.90 Å². The molecule has 0 aliphatic carbocycles. The lowest BCUT2D eigenvalue weighted by Crippen LogP contribution is -2.39. The van der Waals surface area contributed by atoms with Crippen molar-refractivity contribution in [3.8, 4) is 5.88 Å². The Hall–Kier alpha value is -0.870. The van der Waals surface area contributed by atoms with E-state index >= 15 is 0 Å². The van der Waals surface area contributed by atoms with Gasteiger partial charge < -0.3 is 4.74 Å². The Balaban J connectivity index is 2.75. The van der Waals surface area contributed by atoms with Crippen molar-refractivity contribution in [2.45, 2.75) is 66.5 Å². The van der Waals surface area contributed by atoms with E-state index in [2.05, 4.69) is 42.6 Å². The molecule has 0 aliphatic rings. The highest BCUT2D eigenvalue weighted by Gasteiger charge is 2.15. The second kappa shape index (κ2) is 7.95. The third kappa shape index (κ3) is 5.11. The molecular weight excluding hydrogens is 286 g/mol. The summed E-state index contributed by atoms with van der Waals surface area (Å²) in [4.78, 5) is 11.2. The quantitative estimate of drug-likeness (QED) is 0.712. The topological polar surface area (TPSA) is 38.3 Å². The van der Waals surface area contributed by atoms with Crippen LogP contribution in [0.25, 0.3) is 0 Å². The second-order valence-corrected chi connectivity index (χ2v) is 6.59. The Kier molecular flexibility index (Phi) is 6.88. The Morgan fingerprint density at radius 3 is 2.10 bits per heavy atom.